The van der Waals surface area contributed by atoms with Crippen molar-refractivity contribution in [2.24, 2.45) is 0 Å². The lowest BCUT2D eigenvalue weighted by Gasteiger charge is -1.97. The summed E-state index contributed by atoms with van der Waals surface area (Å²) >= 11 is 0. The Hall–Kier alpha value is -1.57. The SMILES string of the molecule is CCCCCc1cn([C]=O)c2ccccc12. The average molecular weight is 214 g/mol. The third-order valence-corrected chi connectivity index (χ3v) is 2.94. The topological polar surface area (TPSA) is 22.0 Å². The molecule has 1 radical (unpaired) electrons. The molecule has 1 heterocycles. The van der Waals surface area contributed by atoms with Gasteiger partial charge in [0.15, 0.2) is 0 Å². The molecule has 2 aromatic rings. The largest absolute Gasteiger partial charge is 0.321 e. The van der Waals surface area contributed by atoms with E-state index in [9.17, 15) is 4.79 Å². The molecule has 83 valence electrons. The van der Waals surface area contributed by atoms with Crippen LogP contribution in [0.4, 0.5) is 0 Å². The second-order valence-electron chi connectivity index (χ2n) is 4.09. The fourth-order valence-corrected chi connectivity index (χ4v) is 2.09. The molecule has 16 heavy (non-hydrogen) atoms. The van der Waals surface area contributed by atoms with Crippen LogP contribution in [0, 0.1) is 0 Å². The predicted molar refractivity (Wildman–Crippen MR) is 66.3 cm³/mol. The molecule has 0 saturated carbocycles. The van der Waals surface area contributed by atoms with Crippen LogP contribution in [0.2, 0.25) is 0 Å². The zero-order chi connectivity index (χ0) is 11.4. The Labute approximate surface area is 95.9 Å². The van der Waals surface area contributed by atoms with Crippen molar-refractivity contribution in [1.29, 1.82) is 0 Å². The van der Waals surface area contributed by atoms with Crippen molar-refractivity contribution in [2.45, 2.75) is 32.6 Å². The first-order chi connectivity index (χ1) is 7.86. The molecule has 0 unspecified atom stereocenters. The molecule has 2 heteroatoms. The normalized spacial score (nSPS) is 10.8. The summed E-state index contributed by atoms with van der Waals surface area (Å²) < 4.78 is 1.55. The van der Waals surface area contributed by atoms with Gasteiger partial charge in [-0.2, -0.15) is 0 Å². The number of benzene rings is 1. The van der Waals surface area contributed by atoms with Gasteiger partial charge in [-0.3, -0.25) is 9.36 Å². The van der Waals surface area contributed by atoms with Gasteiger partial charge in [0.2, 0.25) is 0 Å². The van der Waals surface area contributed by atoms with Crippen molar-refractivity contribution in [3.05, 3.63) is 36.0 Å². The number of aryl methyl sites for hydroxylation is 1. The van der Waals surface area contributed by atoms with E-state index in [4.69, 9.17) is 0 Å². The lowest BCUT2D eigenvalue weighted by molar-refractivity contribution is 0.549. The van der Waals surface area contributed by atoms with Crippen molar-refractivity contribution in [3.8, 4) is 0 Å². The Bertz CT molecular complexity index is 484. The first-order valence-corrected chi connectivity index (χ1v) is 5.84. The molecular formula is C14H16NO. The van der Waals surface area contributed by atoms with Crippen molar-refractivity contribution >= 4 is 17.3 Å². The van der Waals surface area contributed by atoms with Gasteiger partial charge in [0.25, 0.3) is 0 Å². The van der Waals surface area contributed by atoms with Gasteiger partial charge in [0, 0.05) is 11.6 Å². The molecule has 0 amide bonds. The minimum atomic E-state index is 0.962. The second kappa shape index (κ2) is 4.97. The van der Waals surface area contributed by atoms with Crippen molar-refractivity contribution in [3.63, 3.8) is 0 Å². The van der Waals surface area contributed by atoms with Gasteiger partial charge in [-0.1, -0.05) is 38.0 Å². The number of hydrogen-bond donors (Lipinski definition) is 0. The second-order valence-corrected chi connectivity index (χ2v) is 4.09. The van der Waals surface area contributed by atoms with E-state index < -0.39 is 0 Å². The maximum absolute atomic E-state index is 10.8. The zero-order valence-corrected chi connectivity index (χ0v) is 9.57. The minimum Gasteiger partial charge on any atom is -0.279 e. The Morgan fingerprint density at radius 1 is 1.25 bits per heavy atom. The number of nitrogens with zero attached hydrogens (tertiary/aromatic N) is 1. The van der Waals surface area contributed by atoms with Crippen LogP contribution in [0.1, 0.15) is 31.7 Å². The smallest absolute Gasteiger partial charge is 0.279 e. The van der Waals surface area contributed by atoms with E-state index in [1.807, 2.05) is 30.8 Å². The molecule has 1 aromatic heterocycles. The van der Waals surface area contributed by atoms with Gasteiger partial charge in [0.1, 0.15) is 0 Å². The molecule has 2 nitrogen and oxygen atoms in total. The summed E-state index contributed by atoms with van der Waals surface area (Å²) in [5, 5.41) is 1.18. The highest BCUT2D eigenvalue weighted by atomic mass is 16.1. The Morgan fingerprint density at radius 3 is 2.81 bits per heavy atom. The van der Waals surface area contributed by atoms with E-state index in [1.165, 1.54) is 30.2 Å². The van der Waals surface area contributed by atoms with Crippen molar-refractivity contribution < 1.29 is 4.79 Å². The van der Waals surface area contributed by atoms with Crippen LogP contribution >= 0.6 is 0 Å². The average Bonchev–Trinajstić information content (AvgIpc) is 2.68. The molecule has 0 fully saturated rings. The fraction of sp³-hybridized carbons (Fsp3) is 0.357. The van der Waals surface area contributed by atoms with Gasteiger partial charge < -0.3 is 0 Å². The van der Waals surface area contributed by atoms with E-state index in [2.05, 4.69) is 13.0 Å². The Morgan fingerprint density at radius 2 is 2.06 bits per heavy atom. The van der Waals surface area contributed by atoms with Crippen molar-refractivity contribution in [1.82, 2.24) is 4.57 Å². The Kier molecular flexibility index (Phi) is 3.40. The van der Waals surface area contributed by atoms with Gasteiger partial charge in [-0.15, -0.1) is 0 Å². The van der Waals surface area contributed by atoms with Gasteiger partial charge in [0.05, 0.1) is 5.52 Å². The summed E-state index contributed by atoms with van der Waals surface area (Å²) in [6.07, 6.45) is 8.55. The molecule has 0 N–H and O–H groups in total. The van der Waals surface area contributed by atoms with Crippen LogP contribution < -0.4 is 0 Å². The number of fused-ring (bicyclic) bond motifs is 1. The van der Waals surface area contributed by atoms with Crippen LogP contribution in [0.3, 0.4) is 0 Å². The molecule has 0 aliphatic rings. The minimum absolute atomic E-state index is 0.962. The molecule has 0 aliphatic carbocycles. The molecular weight excluding hydrogens is 198 g/mol. The van der Waals surface area contributed by atoms with Crippen LogP contribution in [0.15, 0.2) is 30.5 Å². The Balaban J connectivity index is 2.33. The maximum atomic E-state index is 10.8. The van der Waals surface area contributed by atoms with Crippen molar-refractivity contribution in [2.75, 3.05) is 0 Å². The van der Waals surface area contributed by atoms with Crippen LogP contribution in [-0.4, -0.2) is 11.0 Å². The molecule has 0 bridgehead atoms. The fourth-order valence-electron chi connectivity index (χ4n) is 2.09. The predicted octanol–water partition coefficient (Wildman–Crippen LogP) is 3.29. The maximum Gasteiger partial charge on any atom is 0.321 e. The van der Waals surface area contributed by atoms with Gasteiger partial charge in [-0.25, -0.2) is 0 Å². The van der Waals surface area contributed by atoms with Crippen LogP contribution in [0.25, 0.3) is 10.9 Å². The standard InChI is InChI=1S/C14H16NO/c1-2-3-4-7-12-10-15(11-16)14-9-6-5-8-13(12)14/h5-6,8-10H,2-4,7H2,1H3. The summed E-state index contributed by atoms with van der Waals surface area (Å²) in [6, 6.07) is 8.00. The summed E-state index contributed by atoms with van der Waals surface area (Å²) in [4.78, 5) is 10.8. The monoisotopic (exact) mass is 214 g/mol. The number of para-hydroxylation sites is 1. The quantitative estimate of drug-likeness (QED) is 0.700. The number of unbranched alkanes of at least 4 members (excludes halogenated alkanes) is 2. The number of hydrogen-bond acceptors (Lipinski definition) is 1. The molecule has 2 rings (SSSR count). The number of rotatable bonds is 5. The van der Waals surface area contributed by atoms with Crippen LogP contribution in [0.5, 0.6) is 0 Å². The number of carbonyl (C=O) groups excluding carboxylic acids is 1. The first-order valence-electron chi connectivity index (χ1n) is 5.84. The summed E-state index contributed by atoms with van der Waals surface area (Å²) in [5.41, 5.74) is 2.22. The highest BCUT2D eigenvalue weighted by Crippen LogP contribution is 2.21. The van der Waals surface area contributed by atoms with Crippen LogP contribution in [-0.2, 0) is 11.2 Å². The lowest BCUT2D eigenvalue weighted by Crippen LogP contribution is -1.90. The summed E-state index contributed by atoms with van der Waals surface area (Å²) in [7, 11) is 0. The van der Waals surface area contributed by atoms with Gasteiger partial charge in [-0.05, 0) is 24.5 Å². The van der Waals surface area contributed by atoms with E-state index >= 15 is 0 Å². The van der Waals surface area contributed by atoms with E-state index in [1.54, 1.807) is 4.57 Å². The third kappa shape index (κ3) is 2.01. The first kappa shape index (κ1) is 10.9. The lowest BCUT2D eigenvalue weighted by atomic mass is 10.1. The molecule has 1 aromatic carbocycles. The zero-order valence-electron chi connectivity index (χ0n) is 9.57. The third-order valence-electron chi connectivity index (χ3n) is 2.94. The number of aromatic nitrogens is 1. The summed E-state index contributed by atoms with van der Waals surface area (Å²) in [6.45, 7) is 2.20. The van der Waals surface area contributed by atoms with E-state index in [0.717, 1.165) is 11.9 Å². The molecule has 0 atom stereocenters. The van der Waals surface area contributed by atoms with E-state index in [-0.39, 0.29) is 0 Å². The summed E-state index contributed by atoms with van der Waals surface area (Å²) in [5.74, 6) is 0. The van der Waals surface area contributed by atoms with Gasteiger partial charge >= 0.3 is 6.41 Å². The molecule has 0 spiro atoms. The highest BCUT2D eigenvalue weighted by molar-refractivity contribution is 5.88. The highest BCUT2D eigenvalue weighted by Gasteiger charge is 2.07. The molecule has 0 saturated heterocycles. The molecule has 0 aliphatic heterocycles. The van der Waals surface area contributed by atoms with E-state index in [0.29, 0.717) is 0 Å².